The summed E-state index contributed by atoms with van der Waals surface area (Å²) in [6, 6.07) is 67.2. The van der Waals surface area contributed by atoms with Crippen LogP contribution in [0.1, 0.15) is 5.56 Å². The Labute approximate surface area is 305 Å². The molecule has 0 fully saturated rings. The summed E-state index contributed by atoms with van der Waals surface area (Å²) < 4.78 is 7.24. The summed E-state index contributed by atoms with van der Waals surface area (Å²) in [6.07, 6.45) is 0. The number of para-hydroxylation sites is 5. The first-order valence-electron chi connectivity index (χ1n) is 17.9. The van der Waals surface area contributed by atoms with E-state index in [1.54, 1.807) is 0 Å². The molecule has 0 bridgehead atoms. The Morgan fingerprint density at radius 1 is 0.340 bits per heavy atom. The standard InChI is InChI=1S/C49H30N4/c50-31-32-13-12-14-33(27-32)34-28-36(52-43-21-8-4-17-38(43)39-18-5-9-22-44(39)52)30-37(29-34)53-45-23-10-6-19-40(45)41-25-26-47-48(49(41)53)42-20-7-11-24-46(42)51(47)35-15-2-1-3-16-35/h1-30H. The van der Waals surface area contributed by atoms with Crippen molar-refractivity contribution >= 4 is 65.4 Å². The molecule has 0 amide bonds. The zero-order valence-corrected chi connectivity index (χ0v) is 28.6. The molecule has 0 saturated heterocycles. The molecule has 0 radical (unpaired) electrons. The summed E-state index contributed by atoms with van der Waals surface area (Å²) in [5.41, 5.74) is 12.9. The van der Waals surface area contributed by atoms with Gasteiger partial charge in [-0.05, 0) is 83.9 Å². The Kier molecular flexibility index (Phi) is 6.28. The van der Waals surface area contributed by atoms with Gasteiger partial charge < -0.3 is 13.7 Å². The highest BCUT2D eigenvalue weighted by molar-refractivity contribution is 6.26. The van der Waals surface area contributed by atoms with Crippen LogP contribution in [0.15, 0.2) is 182 Å². The third-order valence-electron chi connectivity index (χ3n) is 10.8. The lowest BCUT2D eigenvalue weighted by Crippen LogP contribution is -2.00. The number of hydrogen-bond acceptors (Lipinski definition) is 1. The van der Waals surface area contributed by atoms with Crippen LogP contribution in [0, 0.1) is 11.3 Å². The summed E-state index contributed by atoms with van der Waals surface area (Å²) in [5, 5.41) is 17.2. The summed E-state index contributed by atoms with van der Waals surface area (Å²) in [7, 11) is 0. The van der Waals surface area contributed by atoms with Crippen LogP contribution in [0.2, 0.25) is 0 Å². The number of nitrogens with zero attached hydrogens (tertiary/aromatic N) is 4. The first-order valence-corrected chi connectivity index (χ1v) is 17.9. The van der Waals surface area contributed by atoms with Gasteiger partial charge >= 0.3 is 0 Å². The fourth-order valence-corrected chi connectivity index (χ4v) is 8.62. The van der Waals surface area contributed by atoms with Gasteiger partial charge in [-0.2, -0.15) is 5.26 Å². The van der Waals surface area contributed by atoms with Crippen molar-refractivity contribution in [1.29, 1.82) is 5.26 Å². The van der Waals surface area contributed by atoms with E-state index in [2.05, 4.69) is 184 Å². The number of hydrogen-bond donors (Lipinski definition) is 0. The predicted molar refractivity (Wildman–Crippen MR) is 220 cm³/mol. The number of aromatic nitrogens is 3. The highest BCUT2D eigenvalue weighted by Gasteiger charge is 2.22. The third-order valence-corrected chi connectivity index (χ3v) is 10.8. The zero-order valence-electron chi connectivity index (χ0n) is 28.6. The van der Waals surface area contributed by atoms with Gasteiger partial charge in [0.05, 0.1) is 44.7 Å². The molecular weight excluding hydrogens is 645 g/mol. The van der Waals surface area contributed by atoms with Crippen molar-refractivity contribution < 1.29 is 0 Å². The molecule has 246 valence electrons. The number of rotatable bonds is 4. The molecule has 8 aromatic carbocycles. The van der Waals surface area contributed by atoms with Crippen LogP contribution in [0.4, 0.5) is 0 Å². The minimum Gasteiger partial charge on any atom is -0.309 e. The van der Waals surface area contributed by atoms with Gasteiger partial charge in [-0.25, -0.2) is 0 Å². The van der Waals surface area contributed by atoms with Crippen LogP contribution >= 0.6 is 0 Å². The van der Waals surface area contributed by atoms with E-state index < -0.39 is 0 Å². The number of nitriles is 1. The molecule has 0 aliphatic carbocycles. The minimum absolute atomic E-state index is 0.638. The molecule has 3 aromatic heterocycles. The molecule has 0 aliphatic heterocycles. The van der Waals surface area contributed by atoms with Crippen molar-refractivity contribution in [2.45, 2.75) is 0 Å². The van der Waals surface area contributed by atoms with Crippen molar-refractivity contribution in [3.63, 3.8) is 0 Å². The first kappa shape index (κ1) is 29.4. The molecule has 0 aliphatic rings. The Balaban J connectivity index is 1.31. The summed E-state index contributed by atoms with van der Waals surface area (Å²) in [6.45, 7) is 0. The van der Waals surface area contributed by atoms with Gasteiger partial charge in [-0.1, -0.05) is 109 Å². The Morgan fingerprint density at radius 2 is 0.868 bits per heavy atom. The summed E-state index contributed by atoms with van der Waals surface area (Å²) in [5.74, 6) is 0. The quantitative estimate of drug-likeness (QED) is 0.183. The molecule has 4 heteroatoms. The monoisotopic (exact) mass is 674 g/mol. The molecule has 0 spiro atoms. The molecule has 0 N–H and O–H groups in total. The van der Waals surface area contributed by atoms with Crippen LogP contribution in [-0.4, -0.2) is 13.7 Å². The van der Waals surface area contributed by atoms with Crippen molar-refractivity contribution in [1.82, 2.24) is 13.7 Å². The van der Waals surface area contributed by atoms with E-state index in [0.29, 0.717) is 5.56 Å². The molecule has 11 rings (SSSR count). The average molecular weight is 675 g/mol. The molecule has 3 heterocycles. The topological polar surface area (TPSA) is 38.6 Å². The molecule has 11 aromatic rings. The van der Waals surface area contributed by atoms with Crippen LogP contribution in [0.25, 0.3) is 93.6 Å². The van der Waals surface area contributed by atoms with E-state index in [0.717, 1.165) is 50.3 Å². The largest absolute Gasteiger partial charge is 0.309 e. The lowest BCUT2D eigenvalue weighted by Gasteiger charge is -2.16. The summed E-state index contributed by atoms with van der Waals surface area (Å²) in [4.78, 5) is 0. The number of benzene rings is 8. The Hall–Kier alpha value is -7.35. The Morgan fingerprint density at radius 3 is 1.53 bits per heavy atom. The molecular formula is C49H30N4. The zero-order chi connectivity index (χ0) is 35.0. The SMILES string of the molecule is N#Cc1cccc(-c2cc(-n3c4ccccc4c4ccccc43)cc(-n3c4ccccc4c4ccc5c(c6ccccc6n5-c5ccccc5)c43)c2)c1. The van der Waals surface area contributed by atoms with E-state index >= 15 is 0 Å². The predicted octanol–water partition coefficient (Wildman–Crippen LogP) is 12.5. The lowest BCUT2D eigenvalue weighted by molar-refractivity contribution is 1.14. The normalized spacial score (nSPS) is 11.8. The maximum Gasteiger partial charge on any atom is 0.0991 e. The maximum absolute atomic E-state index is 9.90. The van der Waals surface area contributed by atoms with E-state index in [1.807, 2.05) is 18.2 Å². The van der Waals surface area contributed by atoms with Gasteiger partial charge in [0.2, 0.25) is 0 Å². The molecule has 4 nitrogen and oxygen atoms in total. The maximum atomic E-state index is 9.90. The third kappa shape index (κ3) is 4.29. The molecule has 0 saturated carbocycles. The average Bonchev–Trinajstić information content (AvgIpc) is 3.87. The van der Waals surface area contributed by atoms with Crippen molar-refractivity contribution in [2.75, 3.05) is 0 Å². The van der Waals surface area contributed by atoms with Crippen molar-refractivity contribution in [3.8, 4) is 34.3 Å². The second kappa shape index (κ2) is 11.3. The van der Waals surface area contributed by atoms with E-state index in [4.69, 9.17) is 0 Å². The molecule has 0 atom stereocenters. The van der Waals surface area contributed by atoms with E-state index in [1.165, 1.54) is 43.4 Å². The second-order valence-electron chi connectivity index (χ2n) is 13.7. The highest BCUT2D eigenvalue weighted by atomic mass is 15.0. The van der Waals surface area contributed by atoms with Gasteiger partial charge in [-0.15, -0.1) is 0 Å². The van der Waals surface area contributed by atoms with Crippen LogP contribution in [0.3, 0.4) is 0 Å². The summed E-state index contributed by atoms with van der Waals surface area (Å²) >= 11 is 0. The van der Waals surface area contributed by atoms with Crippen LogP contribution in [-0.2, 0) is 0 Å². The minimum atomic E-state index is 0.638. The van der Waals surface area contributed by atoms with E-state index in [-0.39, 0.29) is 0 Å². The smallest absolute Gasteiger partial charge is 0.0991 e. The van der Waals surface area contributed by atoms with Gasteiger partial charge in [0.1, 0.15) is 0 Å². The fourth-order valence-electron chi connectivity index (χ4n) is 8.62. The van der Waals surface area contributed by atoms with Crippen molar-refractivity contribution in [3.05, 3.63) is 188 Å². The number of fused-ring (bicyclic) bond motifs is 10. The van der Waals surface area contributed by atoms with Gasteiger partial charge in [0.15, 0.2) is 0 Å². The first-order chi connectivity index (χ1) is 26.3. The van der Waals surface area contributed by atoms with Gasteiger partial charge in [-0.3, -0.25) is 0 Å². The van der Waals surface area contributed by atoms with Crippen LogP contribution < -0.4 is 0 Å². The fraction of sp³-hybridized carbons (Fsp3) is 0. The van der Waals surface area contributed by atoms with Gasteiger partial charge in [0, 0.05) is 49.4 Å². The van der Waals surface area contributed by atoms with E-state index in [9.17, 15) is 5.26 Å². The Bertz CT molecular complexity index is 3240. The molecule has 53 heavy (non-hydrogen) atoms. The second-order valence-corrected chi connectivity index (χ2v) is 13.7. The van der Waals surface area contributed by atoms with Crippen molar-refractivity contribution in [2.24, 2.45) is 0 Å². The van der Waals surface area contributed by atoms with Crippen LogP contribution in [0.5, 0.6) is 0 Å². The molecule has 0 unspecified atom stereocenters. The highest BCUT2D eigenvalue weighted by Crippen LogP contribution is 2.43. The van der Waals surface area contributed by atoms with Gasteiger partial charge in [0.25, 0.3) is 0 Å². The lowest BCUT2D eigenvalue weighted by atomic mass is 10.0.